The molecular formula is C16H19BrN2. The maximum Gasteiger partial charge on any atom is 0.127 e. The van der Waals surface area contributed by atoms with E-state index in [1.807, 2.05) is 0 Å². The van der Waals surface area contributed by atoms with Crippen molar-refractivity contribution < 1.29 is 0 Å². The number of hydrogen-bond acceptors (Lipinski definition) is 1. The monoisotopic (exact) mass is 318 g/mol. The third kappa shape index (κ3) is 2.25. The van der Waals surface area contributed by atoms with Crippen molar-refractivity contribution >= 4 is 15.9 Å². The number of halogens is 1. The van der Waals surface area contributed by atoms with Crippen molar-refractivity contribution in [3.05, 3.63) is 51.0 Å². The predicted molar refractivity (Wildman–Crippen MR) is 81.6 cm³/mol. The molecule has 19 heavy (non-hydrogen) atoms. The highest BCUT2D eigenvalue weighted by atomic mass is 79.9. The molecule has 1 aromatic carbocycles. The minimum atomic E-state index is 0.618. The van der Waals surface area contributed by atoms with Crippen molar-refractivity contribution in [2.24, 2.45) is 0 Å². The molecule has 1 aliphatic heterocycles. The standard InChI is InChI=1S/C16H19BrN2/c1-10-4-5-11(2)14(8-10)13-6-7-15-16(17)18-12(3)19(15)9-13/h4-5,8,13H,6-7,9H2,1-3H3. The first kappa shape index (κ1) is 12.9. The fourth-order valence-electron chi connectivity index (χ4n) is 3.13. The third-order valence-electron chi connectivity index (χ3n) is 4.22. The number of nitrogens with zero attached hydrogens (tertiary/aromatic N) is 2. The summed E-state index contributed by atoms with van der Waals surface area (Å²) < 4.78 is 3.41. The van der Waals surface area contributed by atoms with E-state index in [2.05, 4.69) is 64.5 Å². The Morgan fingerprint density at radius 1 is 1.26 bits per heavy atom. The molecule has 1 aliphatic rings. The molecule has 0 fully saturated rings. The Morgan fingerprint density at radius 2 is 2.05 bits per heavy atom. The van der Waals surface area contributed by atoms with E-state index in [4.69, 9.17) is 0 Å². The summed E-state index contributed by atoms with van der Waals surface area (Å²) in [4.78, 5) is 4.54. The summed E-state index contributed by atoms with van der Waals surface area (Å²) in [6, 6.07) is 6.80. The number of benzene rings is 1. The number of fused-ring (bicyclic) bond motifs is 1. The van der Waals surface area contributed by atoms with Crippen LogP contribution in [0.4, 0.5) is 0 Å². The second-order valence-electron chi connectivity index (χ2n) is 5.60. The summed E-state index contributed by atoms with van der Waals surface area (Å²) in [5, 5.41) is 0. The Morgan fingerprint density at radius 3 is 2.84 bits per heavy atom. The lowest BCUT2D eigenvalue weighted by molar-refractivity contribution is 0.454. The van der Waals surface area contributed by atoms with Gasteiger partial charge in [-0.3, -0.25) is 0 Å². The normalized spacial score (nSPS) is 18.4. The molecule has 0 saturated carbocycles. The van der Waals surface area contributed by atoms with E-state index in [9.17, 15) is 0 Å². The molecule has 3 heteroatoms. The fraction of sp³-hybridized carbons (Fsp3) is 0.438. The molecule has 2 aromatic rings. The molecule has 0 bridgehead atoms. The third-order valence-corrected chi connectivity index (χ3v) is 4.86. The minimum absolute atomic E-state index is 0.618. The minimum Gasteiger partial charge on any atom is -0.331 e. The number of imidazole rings is 1. The summed E-state index contributed by atoms with van der Waals surface area (Å²) in [6.07, 6.45) is 2.33. The Hall–Kier alpha value is -1.09. The molecule has 2 nitrogen and oxygen atoms in total. The molecule has 0 spiro atoms. The van der Waals surface area contributed by atoms with Gasteiger partial charge in [0.05, 0.1) is 5.69 Å². The molecule has 1 unspecified atom stereocenters. The summed E-state index contributed by atoms with van der Waals surface area (Å²) in [7, 11) is 0. The summed E-state index contributed by atoms with van der Waals surface area (Å²) >= 11 is 3.57. The van der Waals surface area contributed by atoms with Crippen LogP contribution in [0, 0.1) is 20.8 Å². The number of hydrogen-bond donors (Lipinski definition) is 0. The van der Waals surface area contributed by atoms with Crippen molar-refractivity contribution in [1.82, 2.24) is 9.55 Å². The molecule has 0 saturated heterocycles. The smallest absolute Gasteiger partial charge is 0.127 e. The summed E-state index contributed by atoms with van der Waals surface area (Å²) in [5.41, 5.74) is 5.64. The zero-order valence-electron chi connectivity index (χ0n) is 11.7. The van der Waals surface area contributed by atoms with Crippen LogP contribution in [0.1, 0.15) is 40.5 Å². The lowest BCUT2D eigenvalue weighted by atomic mass is 9.87. The maximum absolute atomic E-state index is 4.54. The highest BCUT2D eigenvalue weighted by Crippen LogP contribution is 2.34. The zero-order valence-corrected chi connectivity index (χ0v) is 13.3. The second kappa shape index (κ2) is 4.78. The molecule has 2 heterocycles. The fourth-order valence-corrected chi connectivity index (χ4v) is 3.80. The first-order valence-corrected chi connectivity index (χ1v) is 7.64. The van der Waals surface area contributed by atoms with Crippen LogP contribution in [-0.4, -0.2) is 9.55 Å². The van der Waals surface area contributed by atoms with Crippen LogP contribution in [0.5, 0.6) is 0 Å². The van der Waals surface area contributed by atoms with E-state index in [-0.39, 0.29) is 0 Å². The van der Waals surface area contributed by atoms with Crippen LogP contribution in [0.3, 0.4) is 0 Å². The summed E-state index contributed by atoms with van der Waals surface area (Å²) in [6.45, 7) is 7.56. The Kier molecular flexibility index (Phi) is 3.25. The van der Waals surface area contributed by atoms with Crippen LogP contribution in [-0.2, 0) is 13.0 Å². The van der Waals surface area contributed by atoms with Gasteiger partial charge in [0.2, 0.25) is 0 Å². The lowest BCUT2D eigenvalue weighted by Crippen LogP contribution is -2.20. The van der Waals surface area contributed by atoms with E-state index in [1.165, 1.54) is 28.8 Å². The van der Waals surface area contributed by atoms with Gasteiger partial charge in [0.1, 0.15) is 10.4 Å². The Bertz CT molecular complexity index is 628. The van der Waals surface area contributed by atoms with E-state index in [0.717, 1.165) is 23.4 Å². The first-order chi connectivity index (χ1) is 9.06. The van der Waals surface area contributed by atoms with Crippen LogP contribution in [0.15, 0.2) is 22.8 Å². The lowest BCUT2D eigenvalue weighted by Gasteiger charge is -2.27. The van der Waals surface area contributed by atoms with Gasteiger partial charge in [0, 0.05) is 12.5 Å². The van der Waals surface area contributed by atoms with E-state index < -0.39 is 0 Å². The molecule has 0 N–H and O–H groups in total. The predicted octanol–water partition coefficient (Wildman–Crippen LogP) is 4.30. The van der Waals surface area contributed by atoms with Crippen LogP contribution < -0.4 is 0 Å². The second-order valence-corrected chi connectivity index (χ2v) is 6.35. The van der Waals surface area contributed by atoms with Gasteiger partial charge < -0.3 is 4.57 Å². The van der Waals surface area contributed by atoms with Crippen molar-refractivity contribution in [2.75, 3.05) is 0 Å². The Labute approximate surface area is 123 Å². The van der Waals surface area contributed by atoms with Crippen molar-refractivity contribution in [2.45, 2.75) is 46.1 Å². The van der Waals surface area contributed by atoms with Crippen molar-refractivity contribution in [1.29, 1.82) is 0 Å². The average Bonchev–Trinajstić information content (AvgIpc) is 2.68. The van der Waals surface area contributed by atoms with Gasteiger partial charge in [-0.05, 0) is 60.7 Å². The average molecular weight is 319 g/mol. The molecule has 3 rings (SSSR count). The first-order valence-electron chi connectivity index (χ1n) is 6.85. The summed E-state index contributed by atoms with van der Waals surface area (Å²) in [5.74, 6) is 1.74. The molecule has 1 aromatic heterocycles. The molecule has 100 valence electrons. The van der Waals surface area contributed by atoms with Gasteiger partial charge >= 0.3 is 0 Å². The van der Waals surface area contributed by atoms with Gasteiger partial charge in [0.15, 0.2) is 0 Å². The SMILES string of the molecule is Cc1ccc(C)c(C2CCc3c(Br)nc(C)n3C2)c1. The van der Waals surface area contributed by atoms with Gasteiger partial charge in [-0.2, -0.15) is 0 Å². The maximum atomic E-state index is 4.54. The number of aryl methyl sites for hydroxylation is 3. The molecule has 0 radical (unpaired) electrons. The topological polar surface area (TPSA) is 17.8 Å². The van der Waals surface area contributed by atoms with Gasteiger partial charge in [0.25, 0.3) is 0 Å². The highest BCUT2D eigenvalue weighted by Gasteiger charge is 2.24. The van der Waals surface area contributed by atoms with Crippen LogP contribution >= 0.6 is 15.9 Å². The molecule has 0 aliphatic carbocycles. The van der Waals surface area contributed by atoms with E-state index in [0.29, 0.717) is 5.92 Å². The van der Waals surface area contributed by atoms with Gasteiger partial charge in [-0.15, -0.1) is 0 Å². The zero-order chi connectivity index (χ0) is 13.6. The quantitative estimate of drug-likeness (QED) is 0.766. The largest absolute Gasteiger partial charge is 0.331 e. The number of rotatable bonds is 1. The van der Waals surface area contributed by atoms with E-state index >= 15 is 0 Å². The Balaban J connectivity index is 1.97. The van der Waals surface area contributed by atoms with Crippen LogP contribution in [0.25, 0.3) is 0 Å². The highest BCUT2D eigenvalue weighted by molar-refractivity contribution is 9.10. The number of aromatic nitrogens is 2. The van der Waals surface area contributed by atoms with E-state index in [1.54, 1.807) is 0 Å². The molecule has 0 amide bonds. The van der Waals surface area contributed by atoms with Crippen molar-refractivity contribution in [3.63, 3.8) is 0 Å². The van der Waals surface area contributed by atoms with Gasteiger partial charge in [-0.25, -0.2) is 4.98 Å². The van der Waals surface area contributed by atoms with Crippen LogP contribution in [0.2, 0.25) is 0 Å². The molecule has 1 atom stereocenters. The van der Waals surface area contributed by atoms with Gasteiger partial charge in [-0.1, -0.05) is 23.8 Å². The van der Waals surface area contributed by atoms with Crippen molar-refractivity contribution in [3.8, 4) is 0 Å². The molecular weight excluding hydrogens is 300 g/mol.